The first-order chi connectivity index (χ1) is 13.8. The number of thioether (sulfide) groups is 1. The Morgan fingerprint density at radius 3 is 2.59 bits per heavy atom. The normalized spacial score (nSPS) is 21.7. The maximum atomic E-state index is 13.2. The molecule has 1 aliphatic heterocycles. The van der Waals surface area contributed by atoms with E-state index in [4.69, 9.17) is 4.98 Å². The highest BCUT2D eigenvalue weighted by atomic mass is 32.2. The zero-order valence-corrected chi connectivity index (χ0v) is 18.7. The fourth-order valence-electron chi connectivity index (χ4n) is 4.70. The summed E-state index contributed by atoms with van der Waals surface area (Å²) in [6, 6.07) is 8.24. The fourth-order valence-corrected chi connectivity index (χ4v) is 7.25. The minimum atomic E-state index is -3.02. The summed E-state index contributed by atoms with van der Waals surface area (Å²) in [5, 5.41) is 1.99. The van der Waals surface area contributed by atoms with Crippen LogP contribution in [0.15, 0.2) is 29.3 Å². The van der Waals surface area contributed by atoms with Crippen molar-refractivity contribution in [2.24, 2.45) is 0 Å². The molecule has 2 aliphatic rings. The highest BCUT2D eigenvalue weighted by Gasteiger charge is 2.38. The van der Waals surface area contributed by atoms with Crippen LogP contribution in [-0.4, -0.2) is 53.6 Å². The van der Waals surface area contributed by atoms with E-state index in [-0.39, 0.29) is 29.5 Å². The average Bonchev–Trinajstić information content (AvgIpc) is 3.31. The molecule has 156 valence electrons. The van der Waals surface area contributed by atoms with Crippen molar-refractivity contribution in [1.29, 1.82) is 0 Å². The Kier molecular flexibility index (Phi) is 5.89. The van der Waals surface area contributed by atoms with Gasteiger partial charge in [0.25, 0.3) is 0 Å². The lowest BCUT2D eigenvalue weighted by Gasteiger charge is -2.34. The molecule has 29 heavy (non-hydrogen) atoms. The Hall–Kier alpha value is -1.60. The van der Waals surface area contributed by atoms with Gasteiger partial charge in [-0.25, -0.2) is 13.4 Å². The Bertz CT molecular complexity index is 1030. The number of para-hydroxylation sites is 1. The number of nitrogens with zero attached hydrogens (tertiary/aromatic N) is 2. The van der Waals surface area contributed by atoms with Crippen molar-refractivity contribution in [2.45, 2.75) is 63.1 Å². The second-order valence-electron chi connectivity index (χ2n) is 8.33. The standard InChI is InChI=1S/C22H28N2O3S2/c1-15-6-5-9-19-16(2)12-20(23-22(15)19)28-13-21(25)24(17-7-3-4-8-17)18-10-11-29(26,27)14-18/h5-6,9,12,17-18H,3-4,7-8,10-11,13-14H2,1-2H3. The topological polar surface area (TPSA) is 67.3 Å². The van der Waals surface area contributed by atoms with Gasteiger partial charge in [0.15, 0.2) is 9.84 Å². The molecule has 1 aromatic heterocycles. The zero-order chi connectivity index (χ0) is 20.6. The van der Waals surface area contributed by atoms with E-state index < -0.39 is 9.84 Å². The van der Waals surface area contributed by atoms with Gasteiger partial charge in [-0.2, -0.15) is 0 Å². The average molecular weight is 433 g/mol. The fraction of sp³-hybridized carbons (Fsp3) is 0.545. The molecule has 1 aliphatic carbocycles. The van der Waals surface area contributed by atoms with Gasteiger partial charge < -0.3 is 4.90 Å². The summed E-state index contributed by atoms with van der Waals surface area (Å²) in [4.78, 5) is 19.9. The lowest BCUT2D eigenvalue weighted by Crippen LogP contribution is -2.47. The summed E-state index contributed by atoms with van der Waals surface area (Å²) >= 11 is 1.46. The van der Waals surface area contributed by atoms with Gasteiger partial charge in [-0.15, -0.1) is 0 Å². The number of hydrogen-bond donors (Lipinski definition) is 0. The lowest BCUT2D eigenvalue weighted by atomic mass is 10.1. The van der Waals surface area contributed by atoms with E-state index in [2.05, 4.69) is 26.0 Å². The number of aryl methyl sites for hydroxylation is 2. The molecule has 2 heterocycles. The number of carbonyl (C=O) groups is 1. The third kappa shape index (κ3) is 4.45. The summed E-state index contributed by atoms with van der Waals surface area (Å²) < 4.78 is 24.0. The molecule has 1 atom stereocenters. The second-order valence-corrected chi connectivity index (χ2v) is 11.6. The minimum Gasteiger partial charge on any atom is -0.335 e. The molecule has 1 unspecified atom stereocenters. The number of carbonyl (C=O) groups excluding carboxylic acids is 1. The number of fused-ring (bicyclic) bond motifs is 1. The van der Waals surface area contributed by atoms with Crippen LogP contribution in [0.5, 0.6) is 0 Å². The lowest BCUT2D eigenvalue weighted by molar-refractivity contribution is -0.132. The van der Waals surface area contributed by atoms with Crippen LogP contribution >= 0.6 is 11.8 Å². The second kappa shape index (κ2) is 8.26. The number of amides is 1. The highest BCUT2D eigenvalue weighted by molar-refractivity contribution is 7.99. The van der Waals surface area contributed by atoms with Gasteiger partial charge in [0.2, 0.25) is 5.91 Å². The van der Waals surface area contributed by atoms with Crippen LogP contribution in [0.2, 0.25) is 0 Å². The zero-order valence-electron chi connectivity index (χ0n) is 17.1. The Morgan fingerprint density at radius 1 is 1.14 bits per heavy atom. The van der Waals surface area contributed by atoms with Crippen LogP contribution in [0, 0.1) is 13.8 Å². The SMILES string of the molecule is Cc1cc(SCC(=O)N(C2CCCC2)C2CCS(=O)(=O)C2)nc2c(C)cccc12. The van der Waals surface area contributed by atoms with Crippen LogP contribution < -0.4 is 0 Å². The minimum absolute atomic E-state index is 0.0494. The molecule has 1 aromatic carbocycles. The number of rotatable bonds is 5. The molecule has 4 rings (SSSR count). The Balaban J connectivity index is 1.52. The molecule has 2 fully saturated rings. The predicted molar refractivity (Wildman–Crippen MR) is 118 cm³/mol. The first kappa shape index (κ1) is 20.7. The van der Waals surface area contributed by atoms with E-state index in [0.29, 0.717) is 12.2 Å². The molecule has 0 radical (unpaired) electrons. The predicted octanol–water partition coefficient (Wildman–Crippen LogP) is 3.90. The first-order valence-electron chi connectivity index (χ1n) is 10.4. The van der Waals surface area contributed by atoms with E-state index in [1.165, 1.54) is 11.8 Å². The summed E-state index contributed by atoms with van der Waals surface area (Å²) in [7, 11) is -3.02. The molecule has 1 amide bonds. The van der Waals surface area contributed by atoms with Crippen molar-refractivity contribution in [3.63, 3.8) is 0 Å². The maximum Gasteiger partial charge on any atom is 0.233 e. The monoisotopic (exact) mass is 432 g/mol. The Labute approximate surface area is 177 Å². The number of aromatic nitrogens is 1. The summed E-state index contributed by atoms with van der Waals surface area (Å²) in [6.07, 6.45) is 4.78. The van der Waals surface area contributed by atoms with Crippen molar-refractivity contribution >= 4 is 38.4 Å². The molecule has 1 saturated heterocycles. The van der Waals surface area contributed by atoms with Crippen molar-refractivity contribution in [3.8, 4) is 0 Å². The van der Waals surface area contributed by atoms with Crippen molar-refractivity contribution in [1.82, 2.24) is 9.88 Å². The van der Waals surface area contributed by atoms with Gasteiger partial charge >= 0.3 is 0 Å². The van der Waals surface area contributed by atoms with Gasteiger partial charge in [0.05, 0.1) is 27.8 Å². The largest absolute Gasteiger partial charge is 0.335 e. The van der Waals surface area contributed by atoms with E-state index in [0.717, 1.165) is 52.7 Å². The molecular weight excluding hydrogens is 404 g/mol. The molecule has 1 saturated carbocycles. The van der Waals surface area contributed by atoms with Crippen LogP contribution in [-0.2, 0) is 14.6 Å². The van der Waals surface area contributed by atoms with Crippen molar-refractivity contribution in [3.05, 3.63) is 35.4 Å². The van der Waals surface area contributed by atoms with Crippen molar-refractivity contribution in [2.75, 3.05) is 17.3 Å². The molecule has 0 N–H and O–H groups in total. The van der Waals surface area contributed by atoms with E-state index in [1.54, 1.807) is 0 Å². The van der Waals surface area contributed by atoms with Gasteiger partial charge in [-0.3, -0.25) is 4.79 Å². The van der Waals surface area contributed by atoms with E-state index in [9.17, 15) is 13.2 Å². The van der Waals surface area contributed by atoms with Gasteiger partial charge in [-0.1, -0.05) is 42.8 Å². The van der Waals surface area contributed by atoms with Gasteiger partial charge in [0, 0.05) is 17.5 Å². The molecule has 5 nitrogen and oxygen atoms in total. The molecule has 0 spiro atoms. The van der Waals surface area contributed by atoms with Crippen LogP contribution in [0.1, 0.15) is 43.2 Å². The number of pyridine rings is 1. The maximum absolute atomic E-state index is 13.2. The van der Waals surface area contributed by atoms with Crippen LogP contribution in [0.25, 0.3) is 10.9 Å². The summed E-state index contributed by atoms with van der Waals surface area (Å²) in [6.45, 7) is 4.13. The Morgan fingerprint density at radius 2 is 1.90 bits per heavy atom. The van der Waals surface area contributed by atoms with Crippen molar-refractivity contribution < 1.29 is 13.2 Å². The number of sulfone groups is 1. The van der Waals surface area contributed by atoms with Gasteiger partial charge in [0.1, 0.15) is 0 Å². The van der Waals surface area contributed by atoms with E-state index >= 15 is 0 Å². The smallest absolute Gasteiger partial charge is 0.233 e. The third-order valence-electron chi connectivity index (χ3n) is 6.18. The van der Waals surface area contributed by atoms with Crippen LogP contribution in [0.3, 0.4) is 0 Å². The third-order valence-corrected chi connectivity index (χ3v) is 8.82. The van der Waals surface area contributed by atoms with Gasteiger partial charge in [-0.05, 0) is 50.3 Å². The summed E-state index contributed by atoms with van der Waals surface area (Å²) in [5.41, 5.74) is 3.27. The van der Waals surface area contributed by atoms with E-state index in [1.807, 2.05) is 17.0 Å². The number of hydrogen-bond acceptors (Lipinski definition) is 5. The number of benzene rings is 1. The molecule has 2 aromatic rings. The summed E-state index contributed by atoms with van der Waals surface area (Å²) in [5.74, 6) is 0.670. The molecular formula is C22H28N2O3S2. The van der Waals surface area contributed by atoms with Crippen LogP contribution in [0.4, 0.5) is 0 Å². The highest BCUT2D eigenvalue weighted by Crippen LogP contribution is 2.31. The molecule has 7 heteroatoms. The quantitative estimate of drug-likeness (QED) is 0.670. The first-order valence-corrected chi connectivity index (χ1v) is 13.2. The molecule has 0 bridgehead atoms.